The van der Waals surface area contributed by atoms with Crippen molar-refractivity contribution >= 4 is 5.97 Å². The number of aromatic hydroxyl groups is 1. The number of carbonyl (C=O) groups excluding carboxylic acids is 1. The van der Waals surface area contributed by atoms with Crippen molar-refractivity contribution in [1.29, 1.82) is 0 Å². The van der Waals surface area contributed by atoms with Crippen molar-refractivity contribution in [2.24, 2.45) is 0 Å². The van der Waals surface area contributed by atoms with Gasteiger partial charge >= 0.3 is 5.97 Å². The molecular formula is C19H21NO5. The number of methoxy groups -OCH3 is 2. The Kier molecular flexibility index (Phi) is 5.09. The zero-order valence-electron chi connectivity index (χ0n) is 14.3. The van der Waals surface area contributed by atoms with Crippen LogP contribution in [0, 0.1) is 0 Å². The summed E-state index contributed by atoms with van der Waals surface area (Å²) in [4.78, 5) is 13.8. The second kappa shape index (κ2) is 7.44. The molecule has 1 heterocycles. The van der Waals surface area contributed by atoms with Crippen LogP contribution < -0.4 is 9.47 Å². The number of carbonyl (C=O) groups is 1. The van der Waals surface area contributed by atoms with Gasteiger partial charge in [0.15, 0.2) is 11.5 Å². The van der Waals surface area contributed by atoms with E-state index in [1.165, 1.54) is 13.2 Å². The minimum absolute atomic E-state index is 0.0726. The summed E-state index contributed by atoms with van der Waals surface area (Å²) in [5, 5.41) is 9.75. The third-order valence-electron chi connectivity index (χ3n) is 4.16. The first-order valence-electron chi connectivity index (χ1n) is 8.03. The monoisotopic (exact) mass is 343 g/mol. The summed E-state index contributed by atoms with van der Waals surface area (Å²) in [6.07, 6.45) is 0.105. The fourth-order valence-corrected chi connectivity index (χ4v) is 2.84. The lowest BCUT2D eigenvalue weighted by atomic mass is 10.1. The molecule has 6 nitrogen and oxygen atoms in total. The molecule has 0 bridgehead atoms. The molecule has 0 spiro atoms. The molecule has 1 N–H and O–H groups in total. The number of para-hydroxylation sites is 2. The van der Waals surface area contributed by atoms with Crippen molar-refractivity contribution in [3.8, 4) is 17.2 Å². The van der Waals surface area contributed by atoms with Gasteiger partial charge in [0, 0.05) is 19.6 Å². The number of likely N-dealkylation sites (tertiary alicyclic amines) is 1. The molecule has 2 aromatic rings. The molecule has 1 aliphatic rings. The maximum Gasteiger partial charge on any atom is 0.341 e. The van der Waals surface area contributed by atoms with E-state index < -0.39 is 5.97 Å². The minimum Gasteiger partial charge on any atom is -0.507 e. The lowest BCUT2D eigenvalue weighted by Crippen LogP contribution is -2.53. The highest BCUT2D eigenvalue weighted by Gasteiger charge is 2.29. The van der Waals surface area contributed by atoms with E-state index in [1.807, 2.05) is 24.3 Å². The smallest absolute Gasteiger partial charge is 0.341 e. The third kappa shape index (κ3) is 3.85. The molecule has 6 heteroatoms. The molecule has 0 aliphatic carbocycles. The average Bonchev–Trinajstić information content (AvgIpc) is 2.61. The van der Waals surface area contributed by atoms with Crippen LogP contribution in [0.4, 0.5) is 0 Å². The van der Waals surface area contributed by atoms with Gasteiger partial charge in [-0.05, 0) is 29.8 Å². The molecule has 0 atom stereocenters. The van der Waals surface area contributed by atoms with Crippen LogP contribution in [0.1, 0.15) is 15.9 Å². The van der Waals surface area contributed by atoms with E-state index >= 15 is 0 Å². The summed E-state index contributed by atoms with van der Waals surface area (Å²) in [6.45, 7) is 2.25. The number of nitrogens with zero attached hydrogens (tertiary/aromatic N) is 1. The fraction of sp³-hybridized carbons (Fsp3) is 0.316. The maximum atomic E-state index is 11.6. The molecule has 3 rings (SSSR count). The first-order valence-corrected chi connectivity index (χ1v) is 8.03. The highest BCUT2D eigenvalue weighted by molar-refractivity contribution is 5.92. The number of hydrogen-bond acceptors (Lipinski definition) is 6. The summed E-state index contributed by atoms with van der Waals surface area (Å²) in [5.41, 5.74) is 1.12. The van der Waals surface area contributed by atoms with Gasteiger partial charge in [0.2, 0.25) is 0 Å². The largest absolute Gasteiger partial charge is 0.507 e. The molecule has 1 saturated heterocycles. The Bertz CT molecular complexity index is 755. The van der Waals surface area contributed by atoms with Crippen molar-refractivity contribution in [2.75, 3.05) is 27.3 Å². The number of phenolic OH excluding ortho intramolecular Hbond substituents is 1. The van der Waals surface area contributed by atoms with Gasteiger partial charge in [0.05, 0.1) is 14.2 Å². The zero-order chi connectivity index (χ0) is 17.8. The third-order valence-corrected chi connectivity index (χ3v) is 4.16. The lowest BCUT2D eigenvalue weighted by Gasteiger charge is -2.39. The summed E-state index contributed by atoms with van der Waals surface area (Å²) < 4.78 is 15.9. The van der Waals surface area contributed by atoms with Gasteiger partial charge in [-0.15, -0.1) is 0 Å². The van der Waals surface area contributed by atoms with Crippen LogP contribution >= 0.6 is 0 Å². The number of hydrogen-bond donors (Lipinski definition) is 1. The highest BCUT2D eigenvalue weighted by atomic mass is 16.5. The molecule has 1 aliphatic heterocycles. The molecule has 0 aromatic heterocycles. The molecule has 0 unspecified atom stereocenters. The average molecular weight is 343 g/mol. The van der Waals surface area contributed by atoms with Crippen LogP contribution in [0.2, 0.25) is 0 Å². The predicted octanol–water partition coefficient (Wildman–Crippen LogP) is 2.45. The van der Waals surface area contributed by atoms with Crippen molar-refractivity contribution in [1.82, 2.24) is 4.90 Å². The number of ether oxygens (including phenoxy) is 3. The van der Waals surface area contributed by atoms with Gasteiger partial charge in [0.25, 0.3) is 0 Å². The Morgan fingerprint density at radius 3 is 2.56 bits per heavy atom. The van der Waals surface area contributed by atoms with Crippen LogP contribution in [0.5, 0.6) is 17.2 Å². The van der Waals surface area contributed by atoms with E-state index in [0.29, 0.717) is 6.54 Å². The first kappa shape index (κ1) is 17.1. The van der Waals surface area contributed by atoms with Crippen molar-refractivity contribution in [3.63, 3.8) is 0 Å². The molecule has 0 radical (unpaired) electrons. The van der Waals surface area contributed by atoms with E-state index in [0.717, 1.165) is 30.2 Å². The molecule has 2 aromatic carbocycles. The molecule has 132 valence electrons. The van der Waals surface area contributed by atoms with E-state index in [-0.39, 0.29) is 17.4 Å². The SMILES string of the molecule is COC(=O)c1cc(CN2CC(Oc3ccccc3OC)C2)ccc1O. The van der Waals surface area contributed by atoms with Gasteiger partial charge in [0.1, 0.15) is 17.4 Å². The number of rotatable bonds is 6. The summed E-state index contributed by atoms with van der Waals surface area (Å²) in [7, 11) is 2.92. The maximum absolute atomic E-state index is 11.6. The van der Waals surface area contributed by atoms with E-state index in [1.54, 1.807) is 19.2 Å². The van der Waals surface area contributed by atoms with Gasteiger partial charge in [-0.2, -0.15) is 0 Å². The van der Waals surface area contributed by atoms with E-state index in [4.69, 9.17) is 9.47 Å². The standard InChI is InChI=1S/C19H21NO5/c1-23-17-5-3-4-6-18(17)25-14-11-20(12-14)10-13-7-8-16(21)15(9-13)19(22)24-2/h3-9,14,21H,10-12H2,1-2H3. The Hall–Kier alpha value is -2.73. The highest BCUT2D eigenvalue weighted by Crippen LogP contribution is 2.29. The number of benzene rings is 2. The second-order valence-electron chi connectivity index (χ2n) is 5.93. The van der Waals surface area contributed by atoms with E-state index in [9.17, 15) is 9.90 Å². The number of esters is 1. The summed E-state index contributed by atoms with van der Waals surface area (Å²) >= 11 is 0. The zero-order valence-corrected chi connectivity index (χ0v) is 14.3. The Morgan fingerprint density at radius 2 is 1.88 bits per heavy atom. The number of phenols is 1. The van der Waals surface area contributed by atoms with Crippen LogP contribution in [-0.4, -0.2) is 49.4 Å². The van der Waals surface area contributed by atoms with Crippen LogP contribution in [0.3, 0.4) is 0 Å². The van der Waals surface area contributed by atoms with Gasteiger partial charge in [-0.1, -0.05) is 18.2 Å². The van der Waals surface area contributed by atoms with Gasteiger partial charge in [-0.3, -0.25) is 4.90 Å². The summed E-state index contributed by atoms with van der Waals surface area (Å²) in [6, 6.07) is 12.6. The van der Waals surface area contributed by atoms with Crippen molar-refractivity contribution in [3.05, 3.63) is 53.6 Å². The molecule has 25 heavy (non-hydrogen) atoms. The molecular weight excluding hydrogens is 322 g/mol. The lowest BCUT2D eigenvalue weighted by molar-refractivity contribution is 0.0131. The topological polar surface area (TPSA) is 68.2 Å². The van der Waals surface area contributed by atoms with Crippen molar-refractivity contribution in [2.45, 2.75) is 12.6 Å². The Labute approximate surface area is 146 Å². The summed E-state index contributed by atoms with van der Waals surface area (Å²) in [5.74, 6) is 0.853. The predicted molar refractivity (Wildman–Crippen MR) is 92.1 cm³/mol. The Balaban J connectivity index is 1.56. The van der Waals surface area contributed by atoms with Crippen LogP contribution in [-0.2, 0) is 11.3 Å². The van der Waals surface area contributed by atoms with Gasteiger partial charge in [-0.25, -0.2) is 4.79 Å². The minimum atomic E-state index is -0.541. The fourth-order valence-electron chi connectivity index (χ4n) is 2.84. The molecule has 0 amide bonds. The van der Waals surface area contributed by atoms with Gasteiger partial charge < -0.3 is 19.3 Å². The normalized spacial score (nSPS) is 14.6. The molecule has 0 saturated carbocycles. The quantitative estimate of drug-likeness (QED) is 0.813. The second-order valence-corrected chi connectivity index (χ2v) is 5.93. The first-order chi connectivity index (χ1) is 12.1. The molecule has 1 fully saturated rings. The van der Waals surface area contributed by atoms with Crippen LogP contribution in [0.15, 0.2) is 42.5 Å². The van der Waals surface area contributed by atoms with E-state index in [2.05, 4.69) is 9.64 Å². The Morgan fingerprint density at radius 1 is 1.16 bits per heavy atom. The van der Waals surface area contributed by atoms with Crippen molar-refractivity contribution < 1.29 is 24.1 Å². The van der Waals surface area contributed by atoms with Crippen LogP contribution in [0.25, 0.3) is 0 Å².